The van der Waals surface area contributed by atoms with Gasteiger partial charge in [-0.1, -0.05) is 5.16 Å². The molecule has 1 rings (SSSR count). The highest BCUT2D eigenvalue weighted by Gasteiger charge is 2.41. The first kappa shape index (κ1) is 10.3. The number of oxime groups is 1. The van der Waals surface area contributed by atoms with Gasteiger partial charge in [0.15, 0.2) is 0 Å². The molecule has 1 fully saturated rings. The van der Waals surface area contributed by atoms with Crippen molar-refractivity contribution in [3.8, 4) is 0 Å². The molecule has 0 aliphatic heterocycles. The van der Waals surface area contributed by atoms with E-state index in [1.807, 2.05) is 0 Å². The lowest BCUT2D eigenvalue weighted by atomic mass is 10.1. The highest BCUT2D eigenvalue weighted by Crippen LogP contribution is 2.44. The molecule has 1 aliphatic rings. The summed E-state index contributed by atoms with van der Waals surface area (Å²) in [5.74, 6) is 0.237. The largest absolute Gasteiger partial charge is 0.409 e. The zero-order chi connectivity index (χ0) is 9.73. The molecule has 1 saturated carbocycles. The number of hydrogen-bond acceptors (Lipinski definition) is 4. The van der Waals surface area contributed by atoms with E-state index in [0.717, 1.165) is 19.4 Å². The molecule has 5 N–H and O–H groups in total. The average Bonchev–Trinajstić information content (AvgIpc) is 2.93. The van der Waals surface area contributed by atoms with Crippen LogP contribution in [0.3, 0.4) is 0 Å². The Labute approximate surface area is 77.6 Å². The molecule has 1 aliphatic carbocycles. The summed E-state index contributed by atoms with van der Waals surface area (Å²) in [5.41, 5.74) is 5.41. The fourth-order valence-electron chi connectivity index (χ4n) is 1.19. The summed E-state index contributed by atoms with van der Waals surface area (Å²) in [5, 5.41) is 23.3. The standard InChI is InChI=1S/C8H17N3O2/c9-7(11-13)1-4-10-5-8(6-12)2-3-8/h10,12-13H,1-6H2,(H2,9,11). The number of rotatable bonds is 6. The van der Waals surface area contributed by atoms with Gasteiger partial charge in [0.1, 0.15) is 5.84 Å². The lowest BCUT2D eigenvalue weighted by molar-refractivity contribution is 0.208. The van der Waals surface area contributed by atoms with Gasteiger partial charge in [-0.15, -0.1) is 0 Å². The first-order valence-electron chi connectivity index (χ1n) is 4.50. The van der Waals surface area contributed by atoms with Crippen molar-refractivity contribution in [2.75, 3.05) is 19.7 Å². The van der Waals surface area contributed by atoms with Crippen LogP contribution >= 0.6 is 0 Å². The van der Waals surface area contributed by atoms with E-state index in [2.05, 4.69) is 10.5 Å². The van der Waals surface area contributed by atoms with E-state index in [1.165, 1.54) is 0 Å². The second kappa shape index (κ2) is 4.43. The smallest absolute Gasteiger partial charge is 0.140 e. The third-order valence-corrected chi connectivity index (χ3v) is 2.48. The Morgan fingerprint density at radius 1 is 1.54 bits per heavy atom. The summed E-state index contributed by atoms with van der Waals surface area (Å²) < 4.78 is 0. The molecular formula is C8H17N3O2. The topological polar surface area (TPSA) is 90.9 Å². The van der Waals surface area contributed by atoms with Gasteiger partial charge < -0.3 is 21.4 Å². The van der Waals surface area contributed by atoms with Gasteiger partial charge in [-0.25, -0.2) is 0 Å². The van der Waals surface area contributed by atoms with E-state index < -0.39 is 0 Å². The summed E-state index contributed by atoms with van der Waals surface area (Å²) in [6.45, 7) is 1.77. The minimum Gasteiger partial charge on any atom is -0.409 e. The van der Waals surface area contributed by atoms with Crippen LogP contribution in [0.4, 0.5) is 0 Å². The third kappa shape index (κ3) is 3.20. The number of nitrogens with two attached hydrogens (primary N) is 1. The van der Waals surface area contributed by atoms with Crippen LogP contribution in [0.1, 0.15) is 19.3 Å². The molecule has 0 atom stereocenters. The van der Waals surface area contributed by atoms with Crippen molar-refractivity contribution < 1.29 is 10.3 Å². The predicted octanol–water partition coefficient (Wildman–Crippen LogP) is -0.515. The predicted molar refractivity (Wildman–Crippen MR) is 49.6 cm³/mol. The van der Waals surface area contributed by atoms with E-state index in [-0.39, 0.29) is 17.9 Å². The number of aliphatic hydroxyl groups is 1. The molecule has 0 unspecified atom stereocenters. The lowest BCUT2D eigenvalue weighted by Crippen LogP contribution is -2.29. The molecule has 13 heavy (non-hydrogen) atoms. The molecule has 0 aromatic carbocycles. The molecule has 0 aromatic heterocycles. The Bertz CT molecular complexity index is 190. The quantitative estimate of drug-likeness (QED) is 0.148. The number of aliphatic hydroxyl groups excluding tert-OH is 1. The van der Waals surface area contributed by atoms with Gasteiger partial charge >= 0.3 is 0 Å². The maximum absolute atomic E-state index is 8.98. The normalized spacial score (nSPS) is 20.2. The zero-order valence-corrected chi connectivity index (χ0v) is 7.66. The monoisotopic (exact) mass is 187 g/mol. The maximum Gasteiger partial charge on any atom is 0.140 e. The molecule has 0 aromatic rings. The van der Waals surface area contributed by atoms with Crippen molar-refractivity contribution in [3.63, 3.8) is 0 Å². The number of amidine groups is 1. The van der Waals surface area contributed by atoms with Crippen LogP contribution in [-0.2, 0) is 0 Å². The second-order valence-electron chi connectivity index (χ2n) is 3.68. The molecule has 5 heteroatoms. The molecule has 5 nitrogen and oxygen atoms in total. The first-order valence-corrected chi connectivity index (χ1v) is 4.50. The van der Waals surface area contributed by atoms with Gasteiger partial charge in [0, 0.05) is 31.5 Å². The molecule has 0 heterocycles. The molecule has 0 radical (unpaired) electrons. The lowest BCUT2D eigenvalue weighted by Gasteiger charge is -2.11. The Morgan fingerprint density at radius 3 is 2.69 bits per heavy atom. The SMILES string of the molecule is NC(CCNCC1(CO)CC1)=NO. The van der Waals surface area contributed by atoms with Gasteiger partial charge in [0.2, 0.25) is 0 Å². The van der Waals surface area contributed by atoms with E-state index in [9.17, 15) is 0 Å². The summed E-state index contributed by atoms with van der Waals surface area (Å²) in [6.07, 6.45) is 2.73. The van der Waals surface area contributed by atoms with Gasteiger partial charge in [-0.05, 0) is 12.8 Å². The van der Waals surface area contributed by atoms with Crippen LogP contribution in [0.15, 0.2) is 5.16 Å². The zero-order valence-electron chi connectivity index (χ0n) is 7.66. The van der Waals surface area contributed by atoms with Crippen molar-refractivity contribution >= 4 is 5.84 Å². The summed E-state index contributed by atoms with van der Waals surface area (Å²) >= 11 is 0. The molecule has 0 bridgehead atoms. The number of nitrogens with zero attached hydrogens (tertiary/aromatic N) is 1. The van der Waals surface area contributed by atoms with Crippen molar-refractivity contribution in [2.45, 2.75) is 19.3 Å². The fraction of sp³-hybridized carbons (Fsp3) is 0.875. The van der Waals surface area contributed by atoms with Crippen LogP contribution in [0.5, 0.6) is 0 Å². The van der Waals surface area contributed by atoms with Gasteiger partial charge in [-0.3, -0.25) is 0 Å². The summed E-state index contributed by atoms with van der Waals surface area (Å²) in [7, 11) is 0. The Morgan fingerprint density at radius 2 is 2.23 bits per heavy atom. The minimum atomic E-state index is 0.130. The molecule has 0 spiro atoms. The Hall–Kier alpha value is -0.810. The van der Waals surface area contributed by atoms with Crippen LogP contribution in [0.25, 0.3) is 0 Å². The third-order valence-electron chi connectivity index (χ3n) is 2.48. The number of hydrogen-bond donors (Lipinski definition) is 4. The van der Waals surface area contributed by atoms with Gasteiger partial charge in [-0.2, -0.15) is 0 Å². The first-order chi connectivity index (χ1) is 6.22. The van der Waals surface area contributed by atoms with Crippen LogP contribution < -0.4 is 11.1 Å². The molecular weight excluding hydrogens is 170 g/mol. The van der Waals surface area contributed by atoms with E-state index in [0.29, 0.717) is 13.0 Å². The summed E-state index contributed by atoms with van der Waals surface area (Å²) in [4.78, 5) is 0. The molecule has 0 saturated heterocycles. The van der Waals surface area contributed by atoms with E-state index in [1.54, 1.807) is 0 Å². The Kier molecular flexibility index (Phi) is 3.50. The van der Waals surface area contributed by atoms with E-state index in [4.69, 9.17) is 16.0 Å². The van der Waals surface area contributed by atoms with Crippen LogP contribution in [0.2, 0.25) is 0 Å². The molecule has 0 amide bonds. The second-order valence-corrected chi connectivity index (χ2v) is 3.68. The average molecular weight is 187 g/mol. The van der Waals surface area contributed by atoms with Crippen molar-refractivity contribution in [1.82, 2.24) is 5.32 Å². The van der Waals surface area contributed by atoms with Gasteiger partial charge in [0.05, 0.1) is 0 Å². The van der Waals surface area contributed by atoms with E-state index >= 15 is 0 Å². The van der Waals surface area contributed by atoms with Gasteiger partial charge in [0.25, 0.3) is 0 Å². The van der Waals surface area contributed by atoms with Crippen molar-refractivity contribution in [2.24, 2.45) is 16.3 Å². The highest BCUT2D eigenvalue weighted by atomic mass is 16.4. The summed E-state index contributed by atoms with van der Waals surface area (Å²) in [6, 6.07) is 0. The van der Waals surface area contributed by atoms with Crippen molar-refractivity contribution in [1.29, 1.82) is 0 Å². The highest BCUT2D eigenvalue weighted by molar-refractivity contribution is 5.79. The molecule has 76 valence electrons. The Balaban J connectivity index is 2.01. The van der Waals surface area contributed by atoms with Crippen molar-refractivity contribution in [3.05, 3.63) is 0 Å². The van der Waals surface area contributed by atoms with Crippen LogP contribution in [-0.4, -0.2) is 35.8 Å². The fourth-order valence-corrected chi connectivity index (χ4v) is 1.19. The number of nitrogens with one attached hydrogen (secondary N) is 1. The maximum atomic E-state index is 8.98. The minimum absolute atomic E-state index is 0.130. The van der Waals surface area contributed by atoms with Crippen LogP contribution in [0, 0.1) is 5.41 Å².